The molecule has 0 radical (unpaired) electrons. The van der Waals surface area contributed by atoms with Crippen molar-refractivity contribution in [2.45, 2.75) is 69.9 Å². The maximum absolute atomic E-state index is 12.2. The third-order valence-electron chi connectivity index (χ3n) is 5.59. The first-order valence-corrected chi connectivity index (χ1v) is 8.24. The summed E-state index contributed by atoms with van der Waals surface area (Å²) in [5, 5.41) is 14.8. The van der Waals surface area contributed by atoms with E-state index in [1.165, 1.54) is 19.3 Å². The number of urea groups is 1. The minimum atomic E-state index is -0.815. The maximum atomic E-state index is 12.2. The first-order chi connectivity index (χ1) is 9.94. The van der Waals surface area contributed by atoms with Gasteiger partial charge in [0.05, 0.1) is 0 Å². The predicted molar refractivity (Wildman–Crippen MR) is 78.9 cm³/mol. The van der Waals surface area contributed by atoms with Crippen LogP contribution in [0.2, 0.25) is 0 Å². The van der Waals surface area contributed by atoms with Gasteiger partial charge >= 0.3 is 12.0 Å². The highest BCUT2D eigenvalue weighted by molar-refractivity contribution is 5.75. The van der Waals surface area contributed by atoms with Gasteiger partial charge in [0.2, 0.25) is 0 Å². The van der Waals surface area contributed by atoms with E-state index < -0.39 is 5.97 Å². The van der Waals surface area contributed by atoms with Gasteiger partial charge in [-0.25, -0.2) is 4.79 Å². The Bertz CT molecular complexity index is 400. The molecule has 21 heavy (non-hydrogen) atoms. The minimum absolute atomic E-state index is 0.0192. The quantitative estimate of drug-likeness (QED) is 0.729. The fourth-order valence-electron chi connectivity index (χ4n) is 5.18. The average molecular weight is 294 g/mol. The molecule has 4 rings (SSSR count). The van der Waals surface area contributed by atoms with Crippen molar-refractivity contribution in [2.24, 2.45) is 17.8 Å². The van der Waals surface area contributed by atoms with Crippen molar-refractivity contribution in [1.82, 2.24) is 10.6 Å². The van der Waals surface area contributed by atoms with Crippen molar-refractivity contribution in [3.05, 3.63) is 0 Å². The molecular formula is C16H26N2O3. The van der Waals surface area contributed by atoms with E-state index in [1.54, 1.807) is 0 Å². The zero-order valence-electron chi connectivity index (χ0n) is 12.7. The molecule has 0 spiro atoms. The first kappa shape index (κ1) is 14.7. The second-order valence-corrected chi connectivity index (χ2v) is 7.63. The highest BCUT2D eigenvalue weighted by Gasteiger charge is 2.51. The molecule has 4 fully saturated rings. The van der Waals surface area contributed by atoms with Crippen LogP contribution in [-0.4, -0.2) is 28.7 Å². The number of nitrogens with one attached hydrogen (secondary N) is 2. The minimum Gasteiger partial charge on any atom is -0.481 e. The van der Waals surface area contributed by atoms with Crippen molar-refractivity contribution < 1.29 is 14.7 Å². The molecule has 5 heteroatoms. The molecule has 5 nitrogen and oxygen atoms in total. The summed E-state index contributed by atoms with van der Waals surface area (Å²) in [5.74, 6) is 1.60. The van der Waals surface area contributed by atoms with Crippen LogP contribution in [0.4, 0.5) is 4.79 Å². The highest BCUT2D eigenvalue weighted by Crippen LogP contribution is 2.55. The Hall–Kier alpha value is -1.26. The number of amides is 2. The molecule has 0 saturated heterocycles. The van der Waals surface area contributed by atoms with Crippen LogP contribution in [0.1, 0.15) is 58.3 Å². The molecule has 0 aromatic heterocycles. The number of carboxylic acids is 1. The van der Waals surface area contributed by atoms with E-state index in [0.717, 1.165) is 37.0 Å². The van der Waals surface area contributed by atoms with Crippen molar-refractivity contribution >= 4 is 12.0 Å². The first-order valence-electron chi connectivity index (χ1n) is 8.24. The summed E-state index contributed by atoms with van der Waals surface area (Å²) in [6.07, 6.45) is 8.05. The number of hydrogen-bond donors (Lipinski definition) is 3. The molecule has 4 bridgehead atoms. The van der Waals surface area contributed by atoms with Gasteiger partial charge in [-0.3, -0.25) is 4.79 Å². The van der Waals surface area contributed by atoms with Gasteiger partial charge in [-0.15, -0.1) is 0 Å². The third-order valence-corrected chi connectivity index (χ3v) is 5.59. The van der Waals surface area contributed by atoms with Gasteiger partial charge in [0.15, 0.2) is 0 Å². The Morgan fingerprint density at radius 1 is 1.14 bits per heavy atom. The number of rotatable bonds is 5. The summed E-state index contributed by atoms with van der Waals surface area (Å²) in [6.45, 7) is 1.86. The number of aliphatic carboxylic acids is 1. The molecule has 0 aromatic carbocycles. The predicted octanol–water partition coefficient (Wildman–Crippen LogP) is 2.51. The van der Waals surface area contributed by atoms with Crippen LogP contribution in [0, 0.1) is 17.8 Å². The largest absolute Gasteiger partial charge is 0.481 e. The van der Waals surface area contributed by atoms with Crippen LogP contribution in [0.25, 0.3) is 0 Å². The summed E-state index contributed by atoms with van der Waals surface area (Å²) in [6, 6.07) is -0.218. The summed E-state index contributed by atoms with van der Waals surface area (Å²) < 4.78 is 0. The summed E-state index contributed by atoms with van der Waals surface area (Å²) in [5.41, 5.74) is 0.0192. The van der Waals surface area contributed by atoms with E-state index >= 15 is 0 Å². The van der Waals surface area contributed by atoms with Crippen molar-refractivity contribution in [3.63, 3.8) is 0 Å². The molecular weight excluding hydrogens is 268 g/mol. The van der Waals surface area contributed by atoms with Gasteiger partial charge < -0.3 is 15.7 Å². The Labute approximate surface area is 125 Å². The Morgan fingerprint density at radius 3 is 2.14 bits per heavy atom. The van der Waals surface area contributed by atoms with Crippen LogP contribution in [0.15, 0.2) is 0 Å². The molecule has 1 atom stereocenters. The van der Waals surface area contributed by atoms with Crippen LogP contribution in [0.3, 0.4) is 0 Å². The molecule has 2 amide bonds. The van der Waals surface area contributed by atoms with Gasteiger partial charge in [-0.1, -0.05) is 0 Å². The summed E-state index contributed by atoms with van der Waals surface area (Å²) in [4.78, 5) is 22.8. The van der Waals surface area contributed by atoms with E-state index in [9.17, 15) is 9.59 Å². The van der Waals surface area contributed by atoms with Crippen molar-refractivity contribution in [2.75, 3.05) is 0 Å². The Balaban J connectivity index is 1.52. The van der Waals surface area contributed by atoms with Gasteiger partial charge in [0.1, 0.15) is 0 Å². The lowest BCUT2D eigenvalue weighted by molar-refractivity contribution is -0.137. The van der Waals surface area contributed by atoms with Gasteiger partial charge in [-0.2, -0.15) is 0 Å². The molecule has 0 aromatic rings. The van der Waals surface area contributed by atoms with E-state index in [4.69, 9.17) is 5.11 Å². The second kappa shape index (κ2) is 5.50. The molecule has 1 unspecified atom stereocenters. The average Bonchev–Trinajstić information content (AvgIpc) is 2.33. The molecule has 4 aliphatic carbocycles. The SMILES string of the molecule is CC(CCC(=O)O)NC(=O)NC12CC3CC(CC(C3)C1)C2. The lowest BCUT2D eigenvalue weighted by Gasteiger charge is -2.56. The lowest BCUT2D eigenvalue weighted by Crippen LogP contribution is -2.62. The molecule has 0 heterocycles. The monoisotopic (exact) mass is 294 g/mol. The number of carbonyl (C=O) groups excluding carboxylic acids is 1. The maximum Gasteiger partial charge on any atom is 0.315 e. The number of carboxylic acid groups (broad SMARTS) is 1. The third kappa shape index (κ3) is 3.33. The topological polar surface area (TPSA) is 78.4 Å². The zero-order valence-corrected chi connectivity index (χ0v) is 12.7. The normalized spacial score (nSPS) is 38.0. The van der Waals surface area contributed by atoms with E-state index in [-0.39, 0.29) is 24.0 Å². The van der Waals surface area contributed by atoms with E-state index in [0.29, 0.717) is 6.42 Å². The Kier molecular flexibility index (Phi) is 3.84. The number of hydrogen-bond acceptors (Lipinski definition) is 2. The van der Waals surface area contributed by atoms with Gasteiger partial charge in [0, 0.05) is 18.0 Å². The van der Waals surface area contributed by atoms with Crippen molar-refractivity contribution in [1.29, 1.82) is 0 Å². The van der Waals surface area contributed by atoms with Crippen LogP contribution in [0.5, 0.6) is 0 Å². The highest BCUT2D eigenvalue weighted by atomic mass is 16.4. The fraction of sp³-hybridized carbons (Fsp3) is 0.875. The molecule has 118 valence electrons. The Morgan fingerprint density at radius 2 is 1.67 bits per heavy atom. The standard InChI is InChI=1S/C16H26N2O3/c1-10(2-3-14(19)20)17-15(21)18-16-7-11-4-12(8-16)6-13(5-11)9-16/h10-13H,2-9H2,1H3,(H,19,20)(H2,17,18,21). The molecule has 3 N–H and O–H groups in total. The molecule has 4 saturated carbocycles. The number of carbonyl (C=O) groups is 2. The lowest BCUT2D eigenvalue weighted by atomic mass is 9.53. The zero-order chi connectivity index (χ0) is 15.0. The molecule has 4 aliphatic rings. The van der Waals surface area contributed by atoms with Gasteiger partial charge in [0.25, 0.3) is 0 Å². The van der Waals surface area contributed by atoms with Gasteiger partial charge in [-0.05, 0) is 69.6 Å². The van der Waals surface area contributed by atoms with E-state index in [2.05, 4.69) is 10.6 Å². The smallest absolute Gasteiger partial charge is 0.315 e. The van der Waals surface area contributed by atoms with Crippen LogP contribution < -0.4 is 10.6 Å². The summed E-state index contributed by atoms with van der Waals surface area (Å²) in [7, 11) is 0. The summed E-state index contributed by atoms with van der Waals surface area (Å²) >= 11 is 0. The molecule has 0 aliphatic heterocycles. The van der Waals surface area contributed by atoms with Crippen LogP contribution in [-0.2, 0) is 4.79 Å². The van der Waals surface area contributed by atoms with E-state index in [1.807, 2.05) is 6.92 Å². The fourth-order valence-corrected chi connectivity index (χ4v) is 5.18. The van der Waals surface area contributed by atoms with Crippen molar-refractivity contribution in [3.8, 4) is 0 Å². The van der Waals surface area contributed by atoms with Crippen LogP contribution >= 0.6 is 0 Å². The second-order valence-electron chi connectivity index (χ2n) is 7.63.